The molecule has 0 aliphatic carbocycles. The van der Waals surface area contributed by atoms with Gasteiger partial charge in [-0.05, 0) is 50.9 Å². The predicted octanol–water partition coefficient (Wildman–Crippen LogP) is 2.90. The van der Waals surface area contributed by atoms with Crippen LogP contribution in [0.2, 0.25) is 10.0 Å². The minimum Gasteiger partial charge on any atom is -0.395 e. The number of carbonyl (C=O) groups excluding carboxylic acids is 2. The van der Waals surface area contributed by atoms with E-state index in [4.69, 9.17) is 23.2 Å². The first kappa shape index (κ1) is 22.2. The SMILES string of the molecule is CC1C(=O)N(CCCN2CCCC2CO)CCN1C(=O)Nc1ccc(Cl)c(Cl)c1. The molecule has 2 heterocycles. The molecule has 7 nitrogen and oxygen atoms in total. The van der Waals surface area contributed by atoms with Gasteiger partial charge in [0.25, 0.3) is 0 Å². The summed E-state index contributed by atoms with van der Waals surface area (Å²) < 4.78 is 0. The fraction of sp³-hybridized carbons (Fsp3) is 0.600. The lowest BCUT2D eigenvalue weighted by molar-refractivity contribution is -0.139. The largest absolute Gasteiger partial charge is 0.395 e. The van der Waals surface area contributed by atoms with Crippen molar-refractivity contribution in [1.29, 1.82) is 0 Å². The summed E-state index contributed by atoms with van der Waals surface area (Å²) in [6.07, 6.45) is 3.03. The molecule has 2 N–H and O–H groups in total. The second-order valence-electron chi connectivity index (χ2n) is 7.62. The van der Waals surface area contributed by atoms with Crippen molar-refractivity contribution in [3.63, 3.8) is 0 Å². The van der Waals surface area contributed by atoms with Gasteiger partial charge >= 0.3 is 6.03 Å². The molecule has 1 aromatic rings. The van der Waals surface area contributed by atoms with Gasteiger partial charge in [0, 0.05) is 37.9 Å². The molecule has 0 bridgehead atoms. The van der Waals surface area contributed by atoms with Crippen molar-refractivity contribution in [3.8, 4) is 0 Å². The number of urea groups is 1. The molecule has 9 heteroatoms. The molecule has 160 valence electrons. The van der Waals surface area contributed by atoms with Crippen LogP contribution >= 0.6 is 23.2 Å². The van der Waals surface area contributed by atoms with Crippen molar-refractivity contribution in [2.24, 2.45) is 0 Å². The molecular formula is C20H28Cl2N4O3. The highest BCUT2D eigenvalue weighted by Gasteiger charge is 2.34. The normalized spacial score (nSPS) is 23.0. The van der Waals surface area contributed by atoms with E-state index in [0.29, 0.717) is 35.4 Å². The lowest BCUT2D eigenvalue weighted by Gasteiger charge is -2.39. The Morgan fingerprint density at radius 2 is 2.00 bits per heavy atom. The van der Waals surface area contributed by atoms with Crippen LogP contribution in [0.1, 0.15) is 26.2 Å². The first-order chi connectivity index (χ1) is 13.9. The number of piperazine rings is 1. The van der Waals surface area contributed by atoms with Gasteiger partial charge in [0.1, 0.15) is 6.04 Å². The number of hydrogen-bond donors (Lipinski definition) is 2. The van der Waals surface area contributed by atoms with Crippen molar-refractivity contribution >= 4 is 40.8 Å². The fourth-order valence-electron chi connectivity index (χ4n) is 4.06. The molecule has 2 atom stereocenters. The van der Waals surface area contributed by atoms with Gasteiger partial charge in [-0.2, -0.15) is 0 Å². The fourth-order valence-corrected chi connectivity index (χ4v) is 4.36. The number of rotatable bonds is 6. The van der Waals surface area contributed by atoms with Gasteiger partial charge in [0.15, 0.2) is 0 Å². The van der Waals surface area contributed by atoms with Gasteiger partial charge < -0.3 is 20.2 Å². The zero-order valence-corrected chi connectivity index (χ0v) is 18.1. The number of likely N-dealkylation sites (tertiary alicyclic amines) is 1. The summed E-state index contributed by atoms with van der Waals surface area (Å²) in [5.41, 5.74) is 0.538. The Morgan fingerprint density at radius 3 is 2.72 bits per heavy atom. The first-order valence-electron chi connectivity index (χ1n) is 10.1. The number of hydrogen-bond acceptors (Lipinski definition) is 4. The molecule has 29 heavy (non-hydrogen) atoms. The third-order valence-electron chi connectivity index (χ3n) is 5.76. The Morgan fingerprint density at radius 1 is 1.21 bits per heavy atom. The molecule has 2 aliphatic rings. The van der Waals surface area contributed by atoms with Crippen LogP contribution < -0.4 is 5.32 Å². The quantitative estimate of drug-likeness (QED) is 0.709. The second kappa shape index (κ2) is 9.98. The summed E-state index contributed by atoms with van der Waals surface area (Å²) >= 11 is 11.9. The number of halogens is 2. The van der Waals surface area contributed by atoms with E-state index in [1.807, 2.05) is 4.90 Å². The van der Waals surface area contributed by atoms with E-state index in [-0.39, 0.29) is 24.6 Å². The van der Waals surface area contributed by atoms with Gasteiger partial charge in [0.05, 0.1) is 16.7 Å². The lowest BCUT2D eigenvalue weighted by Crippen LogP contribution is -2.58. The molecule has 3 amide bonds. The van der Waals surface area contributed by atoms with E-state index in [9.17, 15) is 14.7 Å². The van der Waals surface area contributed by atoms with Crippen molar-refractivity contribution in [3.05, 3.63) is 28.2 Å². The highest BCUT2D eigenvalue weighted by molar-refractivity contribution is 6.42. The summed E-state index contributed by atoms with van der Waals surface area (Å²) in [7, 11) is 0. The van der Waals surface area contributed by atoms with E-state index in [1.54, 1.807) is 30.0 Å². The van der Waals surface area contributed by atoms with Gasteiger partial charge in [-0.15, -0.1) is 0 Å². The number of nitrogens with zero attached hydrogens (tertiary/aromatic N) is 3. The van der Waals surface area contributed by atoms with Crippen LogP contribution in [0, 0.1) is 0 Å². The Bertz CT molecular complexity index is 748. The van der Waals surface area contributed by atoms with Crippen LogP contribution in [0.4, 0.5) is 10.5 Å². The van der Waals surface area contributed by atoms with E-state index >= 15 is 0 Å². The zero-order chi connectivity index (χ0) is 21.0. The summed E-state index contributed by atoms with van der Waals surface area (Å²) in [5.74, 6) is -0.0410. The number of carbonyl (C=O) groups is 2. The highest BCUT2D eigenvalue weighted by Crippen LogP contribution is 2.25. The highest BCUT2D eigenvalue weighted by atomic mass is 35.5. The molecule has 0 aromatic heterocycles. The van der Waals surface area contributed by atoms with E-state index in [1.165, 1.54) is 0 Å². The van der Waals surface area contributed by atoms with Crippen LogP contribution in [0.15, 0.2) is 18.2 Å². The minimum absolute atomic E-state index is 0.0410. The van der Waals surface area contributed by atoms with Crippen molar-refractivity contribution in [1.82, 2.24) is 14.7 Å². The molecular weight excluding hydrogens is 415 g/mol. The zero-order valence-electron chi connectivity index (χ0n) is 16.6. The molecule has 0 spiro atoms. The van der Waals surface area contributed by atoms with Gasteiger partial charge in [0.2, 0.25) is 5.91 Å². The number of anilines is 1. The average Bonchev–Trinajstić information content (AvgIpc) is 3.15. The lowest BCUT2D eigenvalue weighted by atomic mass is 10.1. The number of benzene rings is 1. The maximum Gasteiger partial charge on any atom is 0.322 e. The minimum atomic E-state index is -0.525. The molecule has 2 unspecified atom stereocenters. The number of amides is 3. The third kappa shape index (κ3) is 5.34. The van der Waals surface area contributed by atoms with Crippen LogP contribution in [-0.4, -0.2) is 83.2 Å². The Kier molecular flexibility index (Phi) is 7.62. The summed E-state index contributed by atoms with van der Waals surface area (Å²) in [6.45, 7) is 5.50. The number of aliphatic hydroxyl groups excluding tert-OH is 1. The molecule has 2 aliphatic heterocycles. The van der Waals surface area contributed by atoms with Crippen LogP contribution in [-0.2, 0) is 4.79 Å². The second-order valence-corrected chi connectivity index (χ2v) is 8.44. The van der Waals surface area contributed by atoms with Crippen LogP contribution in [0.25, 0.3) is 0 Å². The molecule has 0 radical (unpaired) electrons. The average molecular weight is 443 g/mol. The standard InChI is InChI=1S/C20H28Cl2N4O3/c1-14-19(28)25(9-3-8-24-7-2-4-16(24)13-27)10-11-26(14)20(29)23-15-5-6-17(21)18(22)12-15/h5-6,12,14,16,27H,2-4,7-11,13H2,1H3,(H,23,29). The molecule has 2 saturated heterocycles. The van der Waals surface area contributed by atoms with Crippen molar-refractivity contribution in [2.75, 3.05) is 44.6 Å². The summed E-state index contributed by atoms with van der Waals surface area (Å²) in [5, 5.41) is 13.0. The smallest absolute Gasteiger partial charge is 0.322 e. The van der Waals surface area contributed by atoms with Crippen molar-refractivity contribution < 1.29 is 14.7 Å². The molecule has 0 saturated carbocycles. The van der Waals surface area contributed by atoms with Gasteiger partial charge in [-0.3, -0.25) is 9.69 Å². The van der Waals surface area contributed by atoms with Crippen LogP contribution in [0.3, 0.4) is 0 Å². The number of nitrogens with one attached hydrogen (secondary N) is 1. The van der Waals surface area contributed by atoms with Crippen LogP contribution in [0.5, 0.6) is 0 Å². The van der Waals surface area contributed by atoms with E-state index in [2.05, 4.69) is 10.2 Å². The Hall–Kier alpha value is -1.54. The first-order valence-corrected chi connectivity index (χ1v) is 10.8. The summed E-state index contributed by atoms with van der Waals surface area (Å²) in [4.78, 5) is 31.0. The van der Waals surface area contributed by atoms with E-state index in [0.717, 1.165) is 32.4 Å². The van der Waals surface area contributed by atoms with Gasteiger partial charge in [-0.25, -0.2) is 4.79 Å². The third-order valence-corrected chi connectivity index (χ3v) is 6.50. The summed E-state index contributed by atoms with van der Waals surface area (Å²) in [6, 6.07) is 4.28. The van der Waals surface area contributed by atoms with E-state index < -0.39 is 6.04 Å². The maximum atomic E-state index is 12.8. The molecule has 1 aromatic carbocycles. The molecule has 3 rings (SSSR count). The van der Waals surface area contributed by atoms with Gasteiger partial charge in [-0.1, -0.05) is 23.2 Å². The Labute approximate surface area is 181 Å². The predicted molar refractivity (Wildman–Crippen MR) is 115 cm³/mol. The van der Waals surface area contributed by atoms with Crippen molar-refractivity contribution in [2.45, 2.75) is 38.3 Å². The maximum absolute atomic E-state index is 12.8. The Balaban J connectivity index is 1.49. The number of aliphatic hydroxyl groups is 1. The molecule has 2 fully saturated rings. The topological polar surface area (TPSA) is 76.1 Å². The monoisotopic (exact) mass is 442 g/mol.